The van der Waals surface area contributed by atoms with Gasteiger partial charge in [-0.15, -0.1) is 0 Å². The van der Waals surface area contributed by atoms with Crippen LogP contribution < -0.4 is 5.32 Å². The zero-order valence-corrected chi connectivity index (χ0v) is 10.9. The number of aryl methyl sites for hydroxylation is 2. The van der Waals surface area contributed by atoms with Crippen molar-refractivity contribution >= 4 is 5.78 Å². The molecule has 0 aromatic heterocycles. The van der Waals surface area contributed by atoms with Gasteiger partial charge in [0.25, 0.3) is 0 Å². The quantitative estimate of drug-likeness (QED) is 0.798. The molecule has 0 saturated heterocycles. The Kier molecular flexibility index (Phi) is 4.82. The van der Waals surface area contributed by atoms with Crippen LogP contribution in [0.4, 0.5) is 4.39 Å². The third kappa shape index (κ3) is 3.63. The molecule has 94 valence electrons. The predicted octanol–water partition coefficient (Wildman–Crippen LogP) is 3.01. The molecule has 1 aromatic carbocycles. The van der Waals surface area contributed by atoms with Crippen molar-refractivity contribution in [3.05, 3.63) is 34.6 Å². The highest BCUT2D eigenvalue weighted by atomic mass is 19.1. The van der Waals surface area contributed by atoms with Gasteiger partial charge in [0.05, 0.1) is 12.1 Å². The minimum atomic E-state index is -0.418. The van der Waals surface area contributed by atoms with Crippen LogP contribution in [0.3, 0.4) is 0 Å². The average Bonchev–Trinajstić information content (AvgIpc) is 2.24. The average molecular weight is 237 g/mol. The Balaban J connectivity index is 2.82. The lowest BCUT2D eigenvalue weighted by Crippen LogP contribution is -2.31. The number of halogens is 1. The lowest BCUT2D eigenvalue weighted by Gasteiger charge is -2.12. The van der Waals surface area contributed by atoms with E-state index in [2.05, 4.69) is 5.32 Å². The predicted molar refractivity (Wildman–Crippen MR) is 68.0 cm³/mol. The van der Waals surface area contributed by atoms with E-state index in [1.165, 1.54) is 6.07 Å². The molecule has 1 unspecified atom stereocenters. The molecule has 0 radical (unpaired) electrons. The van der Waals surface area contributed by atoms with E-state index < -0.39 is 5.82 Å². The molecule has 0 spiro atoms. The minimum Gasteiger partial charge on any atom is -0.307 e. The van der Waals surface area contributed by atoms with E-state index in [1.54, 1.807) is 6.92 Å². The van der Waals surface area contributed by atoms with E-state index in [0.29, 0.717) is 5.56 Å². The van der Waals surface area contributed by atoms with Crippen LogP contribution in [0.2, 0.25) is 0 Å². The van der Waals surface area contributed by atoms with Crippen molar-refractivity contribution in [3.63, 3.8) is 0 Å². The number of carbonyl (C=O) groups excluding carboxylic acids is 1. The van der Waals surface area contributed by atoms with E-state index in [1.807, 2.05) is 26.8 Å². The monoisotopic (exact) mass is 237 g/mol. The molecule has 0 bridgehead atoms. The Labute approximate surface area is 102 Å². The SMILES string of the molecule is CCC(C)NCC(=O)c1c(C)cc(C)cc1F. The van der Waals surface area contributed by atoms with Crippen LogP contribution >= 0.6 is 0 Å². The molecule has 1 N–H and O–H groups in total. The maximum atomic E-state index is 13.7. The van der Waals surface area contributed by atoms with Crippen LogP contribution in [-0.2, 0) is 0 Å². The zero-order chi connectivity index (χ0) is 13.0. The van der Waals surface area contributed by atoms with Gasteiger partial charge in [0.2, 0.25) is 0 Å². The number of carbonyl (C=O) groups is 1. The van der Waals surface area contributed by atoms with Crippen molar-refractivity contribution in [2.45, 2.75) is 40.2 Å². The lowest BCUT2D eigenvalue weighted by molar-refractivity contribution is 0.0983. The fraction of sp³-hybridized carbons (Fsp3) is 0.500. The van der Waals surface area contributed by atoms with Crippen molar-refractivity contribution in [3.8, 4) is 0 Å². The van der Waals surface area contributed by atoms with E-state index in [4.69, 9.17) is 0 Å². The smallest absolute Gasteiger partial charge is 0.179 e. The van der Waals surface area contributed by atoms with Crippen LogP contribution in [0.25, 0.3) is 0 Å². The standard InChI is InChI=1S/C14H20FNO/c1-5-11(4)16-8-13(17)14-10(3)6-9(2)7-12(14)15/h6-7,11,16H,5,8H2,1-4H3. The lowest BCUT2D eigenvalue weighted by atomic mass is 10.0. The van der Waals surface area contributed by atoms with E-state index in [9.17, 15) is 9.18 Å². The van der Waals surface area contributed by atoms with Gasteiger partial charge in [-0.05, 0) is 44.4 Å². The van der Waals surface area contributed by atoms with Gasteiger partial charge in [-0.3, -0.25) is 4.79 Å². The summed E-state index contributed by atoms with van der Waals surface area (Å²) < 4.78 is 13.7. The first-order valence-electron chi connectivity index (χ1n) is 5.99. The van der Waals surface area contributed by atoms with Crippen molar-refractivity contribution in [2.24, 2.45) is 0 Å². The minimum absolute atomic E-state index is 0.180. The first-order chi connectivity index (χ1) is 7.95. The fourth-order valence-electron chi connectivity index (χ4n) is 1.77. The Morgan fingerprint density at radius 2 is 2.06 bits per heavy atom. The molecule has 0 fully saturated rings. The molecule has 0 aliphatic carbocycles. The maximum Gasteiger partial charge on any atom is 0.179 e. The van der Waals surface area contributed by atoms with E-state index >= 15 is 0 Å². The highest BCUT2D eigenvalue weighted by molar-refractivity contribution is 5.99. The molecule has 0 aliphatic heterocycles. The van der Waals surface area contributed by atoms with Crippen LogP contribution in [0, 0.1) is 19.7 Å². The summed E-state index contributed by atoms with van der Waals surface area (Å²) in [6.45, 7) is 7.83. The normalized spacial score (nSPS) is 12.5. The van der Waals surface area contributed by atoms with Gasteiger partial charge >= 0.3 is 0 Å². The molecule has 0 amide bonds. The highest BCUT2D eigenvalue weighted by Crippen LogP contribution is 2.16. The molecule has 0 heterocycles. The summed E-state index contributed by atoms with van der Waals surface area (Å²) in [6.07, 6.45) is 0.947. The number of nitrogens with one attached hydrogen (secondary N) is 1. The summed E-state index contributed by atoms with van der Waals surface area (Å²) >= 11 is 0. The van der Waals surface area contributed by atoms with Crippen LogP contribution in [-0.4, -0.2) is 18.4 Å². The van der Waals surface area contributed by atoms with Gasteiger partial charge in [-0.1, -0.05) is 13.0 Å². The summed E-state index contributed by atoms with van der Waals surface area (Å²) in [6, 6.07) is 3.51. The Hall–Kier alpha value is -1.22. The Morgan fingerprint density at radius 3 is 2.59 bits per heavy atom. The summed E-state index contributed by atoms with van der Waals surface area (Å²) in [5.41, 5.74) is 1.76. The number of benzene rings is 1. The summed E-state index contributed by atoms with van der Waals surface area (Å²) in [5, 5.41) is 3.08. The molecule has 1 atom stereocenters. The van der Waals surface area contributed by atoms with Crippen molar-refractivity contribution in [2.75, 3.05) is 6.54 Å². The number of Topliss-reactive ketones (excluding diaryl/α,β-unsaturated/α-hetero) is 1. The van der Waals surface area contributed by atoms with Crippen molar-refractivity contribution < 1.29 is 9.18 Å². The number of hydrogen-bond acceptors (Lipinski definition) is 2. The number of rotatable bonds is 5. The molecule has 1 aromatic rings. The molecule has 3 heteroatoms. The molecule has 0 aliphatic rings. The largest absolute Gasteiger partial charge is 0.307 e. The summed E-state index contributed by atoms with van der Waals surface area (Å²) in [7, 11) is 0. The van der Waals surface area contributed by atoms with Crippen LogP contribution in [0.15, 0.2) is 12.1 Å². The topological polar surface area (TPSA) is 29.1 Å². The molecule has 0 saturated carbocycles. The van der Waals surface area contributed by atoms with E-state index in [-0.39, 0.29) is 23.9 Å². The van der Waals surface area contributed by atoms with Gasteiger partial charge in [-0.2, -0.15) is 0 Å². The van der Waals surface area contributed by atoms with Crippen molar-refractivity contribution in [1.82, 2.24) is 5.32 Å². The molecule has 1 rings (SSSR count). The number of hydrogen-bond donors (Lipinski definition) is 1. The maximum absolute atomic E-state index is 13.7. The summed E-state index contributed by atoms with van der Waals surface area (Å²) in [4.78, 5) is 11.9. The van der Waals surface area contributed by atoms with Crippen LogP contribution in [0.1, 0.15) is 41.8 Å². The molecule has 17 heavy (non-hydrogen) atoms. The van der Waals surface area contributed by atoms with E-state index in [0.717, 1.165) is 12.0 Å². The zero-order valence-electron chi connectivity index (χ0n) is 10.9. The van der Waals surface area contributed by atoms with Crippen molar-refractivity contribution in [1.29, 1.82) is 0 Å². The van der Waals surface area contributed by atoms with Crippen LogP contribution in [0.5, 0.6) is 0 Å². The third-order valence-electron chi connectivity index (χ3n) is 2.93. The second kappa shape index (κ2) is 5.92. The van der Waals surface area contributed by atoms with Gasteiger partial charge in [0.1, 0.15) is 5.82 Å². The van der Waals surface area contributed by atoms with Gasteiger partial charge in [-0.25, -0.2) is 4.39 Å². The second-order valence-electron chi connectivity index (χ2n) is 4.55. The molecular formula is C14H20FNO. The van der Waals surface area contributed by atoms with Gasteiger partial charge in [0, 0.05) is 6.04 Å². The molecular weight excluding hydrogens is 217 g/mol. The number of ketones is 1. The van der Waals surface area contributed by atoms with Gasteiger partial charge < -0.3 is 5.32 Å². The fourth-order valence-corrected chi connectivity index (χ4v) is 1.77. The van der Waals surface area contributed by atoms with Gasteiger partial charge in [0.15, 0.2) is 5.78 Å². The summed E-state index contributed by atoms with van der Waals surface area (Å²) in [5.74, 6) is -0.598. The first-order valence-corrected chi connectivity index (χ1v) is 5.99. The Morgan fingerprint density at radius 1 is 1.41 bits per heavy atom. The first kappa shape index (κ1) is 13.8. The second-order valence-corrected chi connectivity index (χ2v) is 4.55. The molecule has 2 nitrogen and oxygen atoms in total. The third-order valence-corrected chi connectivity index (χ3v) is 2.93. The Bertz CT molecular complexity index is 392. The highest BCUT2D eigenvalue weighted by Gasteiger charge is 2.15.